The molecule has 4 aromatic rings. The minimum Gasteiger partial charge on any atom is -0.444 e. The molecule has 65 heavy (non-hydrogen) atoms. The van der Waals surface area contributed by atoms with Crippen LogP contribution in [0, 0.1) is 16.0 Å². The minimum absolute atomic E-state index is 0.0159. The third-order valence-corrected chi connectivity index (χ3v) is 10.4. The smallest absolute Gasteiger partial charge is 0.444 e. The first-order valence-corrected chi connectivity index (χ1v) is 21.3. The first-order valence-electron chi connectivity index (χ1n) is 21.3. The van der Waals surface area contributed by atoms with Crippen molar-refractivity contribution in [1.82, 2.24) is 20.9 Å². The van der Waals surface area contributed by atoms with Gasteiger partial charge >= 0.3 is 24.4 Å². The predicted octanol–water partition coefficient (Wildman–Crippen LogP) is 7.93. The molecule has 0 saturated heterocycles. The Morgan fingerprint density at radius 3 is 2.12 bits per heavy atom. The van der Waals surface area contributed by atoms with E-state index < -0.39 is 59.0 Å². The van der Waals surface area contributed by atoms with E-state index in [-0.39, 0.29) is 56.6 Å². The van der Waals surface area contributed by atoms with Crippen LogP contribution in [0.4, 0.5) is 30.6 Å². The van der Waals surface area contributed by atoms with Gasteiger partial charge < -0.3 is 50.8 Å². The van der Waals surface area contributed by atoms with Gasteiger partial charge in [-0.15, -0.1) is 0 Å². The molecule has 1 aliphatic rings. The molecule has 0 unspecified atom stereocenters. The van der Waals surface area contributed by atoms with Crippen molar-refractivity contribution in [3.8, 4) is 16.9 Å². The summed E-state index contributed by atoms with van der Waals surface area (Å²) in [6.07, 6.45) is -2.25. The summed E-state index contributed by atoms with van der Waals surface area (Å²) in [4.78, 5) is 76.9. The number of carbonyl (C=O) groups excluding carboxylic acids is 5. The molecule has 0 aliphatic heterocycles. The Morgan fingerprint density at radius 2 is 1.54 bits per heavy atom. The van der Waals surface area contributed by atoms with Crippen molar-refractivity contribution in [2.24, 2.45) is 11.7 Å². The number of nitrogens with one attached hydrogen (secondary N) is 4. The van der Waals surface area contributed by atoms with Crippen molar-refractivity contribution in [2.45, 2.75) is 91.3 Å². The molecule has 2 atom stereocenters. The summed E-state index contributed by atoms with van der Waals surface area (Å²) in [5, 5.41) is 22.7. The van der Waals surface area contributed by atoms with Gasteiger partial charge in [0.05, 0.1) is 11.0 Å². The summed E-state index contributed by atoms with van der Waals surface area (Å²) in [6, 6.07) is 23.4. The van der Waals surface area contributed by atoms with Crippen LogP contribution in [-0.4, -0.2) is 77.4 Å². The third-order valence-electron chi connectivity index (χ3n) is 10.4. The number of anilines is 1. The first-order chi connectivity index (χ1) is 30.9. The van der Waals surface area contributed by atoms with E-state index >= 15 is 0 Å². The van der Waals surface area contributed by atoms with E-state index in [0.29, 0.717) is 23.2 Å². The van der Waals surface area contributed by atoms with Crippen LogP contribution in [0.5, 0.6) is 5.75 Å². The molecule has 6 N–H and O–H groups in total. The molecular formula is C47H57N7O11. The Bertz CT molecular complexity index is 2290. The second-order valence-corrected chi connectivity index (χ2v) is 16.7. The number of benzene rings is 4. The number of hydrogen-bond acceptors (Lipinski definition) is 12. The first kappa shape index (κ1) is 48.8. The molecule has 18 heteroatoms. The fourth-order valence-corrected chi connectivity index (χ4v) is 7.07. The average Bonchev–Trinajstić information content (AvgIpc) is 3.56. The van der Waals surface area contributed by atoms with Crippen molar-refractivity contribution in [2.75, 3.05) is 25.0 Å². The second-order valence-electron chi connectivity index (χ2n) is 16.7. The van der Waals surface area contributed by atoms with Crippen molar-refractivity contribution in [3.05, 3.63) is 123 Å². The van der Waals surface area contributed by atoms with Crippen molar-refractivity contribution >= 4 is 41.7 Å². The van der Waals surface area contributed by atoms with Crippen LogP contribution in [0.1, 0.15) is 82.7 Å². The van der Waals surface area contributed by atoms with Crippen molar-refractivity contribution in [3.63, 3.8) is 0 Å². The van der Waals surface area contributed by atoms with Crippen LogP contribution in [0.2, 0.25) is 0 Å². The highest BCUT2D eigenvalue weighted by molar-refractivity contribution is 5.95. The van der Waals surface area contributed by atoms with Crippen LogP contribution in [0.25, 0.3) is 11.1 Å². The molecule has 0 radical (unpaired) electrons. The van der Waals surface area contributed by atoms with Gasteiger partial charge in [-0.3, -0.25) is 14.9 Å². The lowest BCUT2D eigenvalue weighted by Crippen LogP contribution is -2.51. The molecule has 5 rings (SSSR count). The largest absolute Gasteiger partial charge is 0.514 e. The fraction of sp³-hybridized carbons (Fsp3) is 0.383. The van der Waals surface area contributed by atoms with Gasteiger partial charge in [-0.25, -0.2) is 19.2 Å². The topological polar surface area (TPSA) is 243 Å². The molecule has 5 amide bonds. The monoisotopic (exact) mass is 895 g/mol. The maximum absolute atomic E-state index is 14.1. The van der Waals surface area contributed by atoms with E-state index in [9.17, 15) is 34.1 Å². The molecule has 346 valence electrons. The summed E-state index contributed by atoms with van der Waals surface area (Å²) < 4.78 is 22.4. The molecule has 0 bridgehead atoms. The van der Waals surface area contributed by atoms with Crippen molar-refractivity contribution < 1.29 is 47.8 Å². The van der Waals surface area contributed by atoms with E-state index in [0.717, 1.165) is 22.3 Å². The van der Waals surface area contributed by atoms with Crippen LogP contribution in [0.3, 0.4) is 0 Å². The number of alkyl carbamates (subject to hydrolysis) is 1. The van der Waals surface area contributed by atoms with Crippen LogP contribution in [0.15, 0.2) is 91.0 Å². The Balaban J connectivity index is 1.37. The highest BCUT2D eigenvalue weighted by Gasteiger charge is 2.33. The molecule has 0 spiro atoms. The number of nitro groups is 1. The number of fused-ring (bicyclic) bond motifs is 3. The lowest BCUT2D eigenvalue weighted by atomic mass is 10.0. The summed E-state index contributed by atoms with van der Waals surface area (Å²) in [5.74, 6) is -0.427. The minimum atomic E-state index is -1.08. The number of rotatable bonds is 19. The quantitative estimate of drug-likeness (QED) is 0.0150. The number of nitrogens with zero attached hydrogens (tertiary/aromatic N) is 2. The normalized spacial score (nSPS) is 12.8. The van der Waals surface area contributed by atoms with Gasteiger partial charge in [0.25, 0.3) is 5.69 Å². The fourth-order valence-electron chi connectivity index (χ4n) is 7.07. The lowest BCUT2D eigenvalue weighted by molar-refractivity contribution is -0.384. The van der Waals surface area contributed by atoms with Gasteiger partial charge in [0.2, 0.25) is 5.91 Å². The third kappa shape index (κ3) is 14.1. The highest BCUT2D eigenvalue weighted by atomic mass is 16.7. The van der Waals surface area contributed by atoms with Gasteiger partial charge in [0.1, 0.15) is 18.0 Å². The SMILES string of the molecule is CCN(Cc1cc(NC(=O)[C@H](CCCNC(N)=O)NC[C@@H](NC(=O)OC(C)(C)C)C(C)C)ccc1COC(=O)Oc1ccc([N+](=O)[O-])cc1)C(=O)OC1c2ccccc2-c2ccccc21. The molecule has 0 aromatic heterocycles. The zero-order valence-electron chi connectivity index (χ0n) is 37.4. The lowest BCUT2D eigenvalue weighted by Gasteiger charge is -2.28. The van der Waals surface area contributed by atoms with Gasteiger partial charge in [-0.1, -0.05) is 68.4 Å². The zero-order valence-corrected chi connectivity index (χ0v) is 37.4. The maximum atomic E-state index is 14.1. The van der Waals surface area contributed by atoms with E-state index in [2.05, 4.69) is 21.3 Å². The molecular weight excluding hydrogens is 839 g/mol. The number of primary amides is 1. The van der Waals surface area contributed by atoms with Crippen molar-refractivity contribution in [1.29, 1.82) is 0 Å². The molecule has 0 fully saturated rings. The number of urea groups is 1. The predicted molar refractivity (Wildman–Crippen MR) is 242 cm³/mol. The second kappa shape index (κ2) is 22.4. The Hall–Kier alpha value is -7.21. The van der Waals surface area contributed by atoms with Crippen LogP contribution >= 0.6 is 0 Å². The van der Waals surface area contributed by atoms with Gasteiger partial charge in [0, 0.05) is 61.2 Å². The maximum Gasteiger partial charge on any atom is 0.514 e. The number of amides is 5. The summed E-state index contributed by atoms with van der Waals surface area (Å²) in [7, 11) is 0. The van der Waals surface area contributed by atoms with E-state index in [4.69, 9.17) is 24.7 Å². The molecule has 1 aliphatic carbocycles. The van der Waals surface area contributed by atoms with Crippen LogP contribution in [-0.2, 0) is 32.2 Å². The number of non-ortho nitro benzene ring substituents is 1. The average molecular weight is 896 g/mol. The number of nitro benzene ring substituents is 1. The zero-order chi connectivity index (χ0) is 47.3. The summed E-state index contributed by atoms with van der Waals surface area (Å²) >= 11 is 0. The van der Waals surface area contributed by atoms with Gasteiger partial charge in [0.15, 0.2) is 6.10 Å². The molecule has 0 saturated carbocycles. The standard InChI is InChI=1S/C47H57N7O11/c1-7-53(45(58)64-41-37-15-10-8-13-35(37)36-14-9-11-16-38(36)41)27-31-25-32(19-18-30(31)28-62-46(59)63-34-22-20-33(21-23-34)54(60)61)51-42(55)39(17-12-24-49-43(48)56)50-26-40(29(2)3)52-44(57)65-47(4,5)6/h8-11,13-16,18-23,25,29,39-41,50H,7,12,17,24,26-28H2,1-6H3,(H,51,55)(H,52,57)(H3,48,49,56)/t39-,40+/m0/s1. The Morgan fingerprint density at radius 1 is 0.892 bits per heavy atom. The van der Waals surface area contributed by atoms with E-state index in [1.165, 1.54) is 29.2 Å². The summed E-state index contributed by atoms with van der Waals surface area (Å²) in [5.41, 5.74) is 9.39. The highest BCUT2D eigenvalue weighted by Crippen LogP contribution is 2.45. The number of carbonyl (C=O) groups is 5. The van der Waals surface area contributed by atoms with Crippen LogP contribution < -0.4 is 31.7 Å². The molecule has 4 aromatic carbocycles. The van der Waals surface area contributed by atoms with E-state index in [1.807, 2.05) is 62.4 Å². The number of nitrogens with two attached hydrogens (primary N) is 1. The van der Waals surface area contributed by atoms with Gasteiger partial charge in [-0.05, 0) is 93.0 Å². The Labute approximate surface area is 377 Å². The summed E-state index contributed by atoms with van der Waals surface area (Å²) in [6.45, 7) is 11.3. The number of ether oxygens (including phenoxy) is 4. The Kier molecular flexibility index (Phi) is 16.8. The molecule has 18 nitrogen and oxygen atoms in total. The molecule has 0 heterocycles. The number of hydrogen-bond donors (Lipinski definition) is 5. The van der Waals surface area contributed by atoms with E-state index in [1.54, 1.807) is 45.9 Å². The van der Waals surface area contributed by atoms with Gasteiger partial charge in [-0.2, -0.15) is 0 Å².